The van der Waals surface area contributed by atoms with E-state index in [9.17, 15) is 27.2 Å². The van der Waals surface area contributed by atoms with Gasteiger partial charge in [0.15, 0.2) is 0 Å². The number of carbonyl (C=O) groups is 1. The lowest BCUT2D eigenvalue weighted by molar-refractivity contribution is -0.119. The summed E-state index contributed by atoms with van der Waals surface area (Å²) in [5.41, 5.74) is 5.82. The summed E-state index contributed by atoms with van der Waals surface area (Å²) in [5.74, 6) is 4.59. The molecule has 2 unspecified atom stereocenters. The lowest BCUT2D eigenvalue weighted by Crippen LogP contribution is -2.30. The molecule has 234 valence electrons. The first-order valence-electron chi connectivity index (χ1n) is 13.8. The molecule has 1 amide bonds. The lowest BCUT2D eigenvalue weighted by Gasteiger charge is -2.24. The van der Waals surface area contributed by atoms with Crippen molar-refractivity contribution < 1.29 is 22.4 Å². The van der Waals surface area contributed by atoms with Crippen LogP contribution in [-0.4, -0.2) is 26.6 Å². The molecule has 0 fully saturated rings. The molecule has 4 aromatic rings. The lowest BCUT2D eigenvalue weighted by atomic mass is 9.93. The molecule has 0 saturated carbocycles. The van der Waals surface area contributed by atoms with Crippen molar-refractivity contribution in [1.29, 1.82) is 0 Å². The fraction of sp³-hybridized carbons (Fsp3) is 0.226. The van der Waals surface area contributed by atoms with Gasteiger partial charge >= 0.3 is 6.18 Å². The third-order valence-corrected chi connectivity index (χ3v) is 7.80. The molecule has 5 N–H and O–H groups in total. The first kappa shape index (κ1) is 31.7. The highest BCUT2D eigenvalue weighted by molar-refractivity contribution is 6.31. The van der Waals surface area contributed by atoms with Crippen LogP contribution in [0.3, 0.4) is 0 Å². The smallest absolute Gasteiger partial charge is 0.393 e. The number of amides is 1. The number of hydrogen-bond acceptors (Lipinski definition) is 7. The van der Waals surface area contributed by atoms with E-state index in [1.165, 1.54) is 47.4 Å². The number of pyridine rings is 1. The van der Waals surface area contributed by atoms with Crippen LogP contribution in [0.25, 0.3) is 22.4 Å². The zero-order chi connectivity index (χ0) is 32.5. The van der Waals surface area contributed by atoms with Crippen LogP contribution in [0.5, 0.6) is 0 Å². The van der Waals surface area contributed by atoms with E-state index in [1.807, 2.05) is 12.1 Å². The number of nitrogens with zero attached hydrogens (tertiary/aromatic N) is 4. The fourth-order valence-corrected chi connectivity index (χ4v) is 5.35. The first-order chi connectivity index (χ1) is 21.3. The van der Waals surface area contributed by atoms with E-state index in [1.54, 1.807) is 19.1 Å². The molecule has 0 spiro atoms. The van der Waals surface area contributed by atoms with Gasteiger partial charge in [-0.2, -0.15) is 17.6 Å². The molecule has 1 aliphatic heterocycles. The maximum atomic E-state index is 14.2. The minimum absolute atomic E-state index is 0.0719. The molecule has 0 aliphatic carbocycles. The van der Waals surface area contributed by atoms with Crippen molar-refractivity contribution >= 4 is 28.9 Å². The second-order valence-corrected chi connectivity index (χ2v) is 11.1. The predicted molar refractivity (Wildman–Crippen MR) is 163 cm³/mol. The Hall–Kier alpha value is -4.75. The predicted octanol–water partition coefficient (Wildman–Crippen LogP) is 6.16. The van der Waals surface area contributed by atoms with Gasteiger partial charge in [-0.1, -0.05) is 43.1 Å². The van der Waals surface area contributed by atoms with Crippen LogP contribution < -0.4 is 27.5 Å². The maximum Gasteiger partial charge on any atom is 0.432 e. The largest absolute Gasteiger partial charge is 0.432 e. The van der Waals surface area contributed by atoms with Gasteiger partial charge in [-0.25, -0.2) is 15.8 Å². The SMILES string of the molecule is CC1CCCC(n2cnc(-c3cc(Cl)ccc3N(N)/C=C(\N)C(F)(F)F)cc2=O)c2cccc(c2)-c2cc(F)ncc2NC1=O. The van der Waals surface area contributed by atoms with E-state index < -0.39 is 29.4 Å². The minimum Gasteiger partial charge on any atom is -0.393 e. The van der Waals surface area contributed by atoms with Gasteiger partial charge in [0.05, 0.1) is 35.6 Å². The number of alkyl halides is 3. The third-order valence-electron chi connectivity index (χ3n) is 7.56. The fourth-order valence-electron chi connectivity index (χ4n) is 5.18. The van der Waals surface area contributed by atoms with E-state index in [0.29, 0.717) is 47.3 Å². The third kappa shape index (κ3) is 6.99. The monoisotopic (exact) mass is 641 g/mol. The van der Waals surface area contributed by atoms with Crippen molar-refractivity contribution in [2.75, 3.05) is 10.3 Å². The van der Waals surface area contributed by atoms with Gasteiger partial charge in [0.2, 0.25) is 11.9 Å². The maximum absolute atomic E-state index is 14.2. The number of halogens is 5. The number of carbonyl (C=O) groups excluding carboxylic acids is 1. The summed E-state index contributed by atoms with van der Waals surface area (Å²) in [6.45, 7) is 1.79. The Morgan fingerprint density at radius 3 is 2.60 bits per heavy atom. The molecule has 0 radical (unpaired) electrons. The molecule has 2 bridgehead atoms. The Morgan fingerprint density at radius 2 is 1.87 bits per heavy atom. The number of anilines is 2. The standard InChI is InChI=1S/C31H28ClF4N7O2/c1-17-4-2-7-25(19-6-3-5-18(10-19)21-12-28(33)39-14-24(21)41-30(17)45)42-16-40-23(13-29(42)44)22-11-20(32)8-9-26(22)43(38)15-27(37)31(34,35)36/h3,5-6,8-17,25H,2,4,7,37-38H2,1H3,(H,41,45)/b27-15-. The second kappa shape index (κ2) is 12.7. The number of nitrogens with two attached hydrogens (primary N) is 2. The molecule has 2 atom stereocenters. The normalized spacial score (nSPS) is 17.5. The van der Waals surface area contributed by atoms with Crippen LogP contribution in [0.1, 0.15) is 37.8 Å². The Bertz CT molecular complexity index is 1840. The molecule has 5 rings (SSSR count). The summed E-state index contributed by atoms with van der Waals surface area (Å²) in [5, 5.41) is 3.78. The summed E-state index contributed by atoms with van der Waals surface area (Å²) < 4.78 is 54.8. The van der Waals surface area contributed by atoms with E-state index in [-0.39, 0.29) is 33.8 Å². The number of hydrazine groups is 1. The average Bonchev–Trinajstić information content (AvgIpc) is 2.99. The molecule has 9 nitrogen and oxygen atoms in total. The Labute approximate surface area is 260 Å². The highest BCUT2D eigenvalue weighted by Gasteiger charge is 2.32. The van der Waals surface area contributed by atoms with Crippen molar-refractivity contribution in [2.45, 2.75) is 38.4 Å². The minimum atomic E-state index is -4.80. The van der Waals surface area contributed by atoms with Gasteiger partial charge in [-0.3, -0.25) is 19.2 Å². The van der Waals surface area contributed by atoms with Crippen LogP contribution >= 0.6 is 11.6 Å². The molecule has 3 heterocycles. The molecular weight excluding hydrogens is 614 g/mol. The van der Waals surface area contributed by atoms with Crippen LogP contribution in [0.2, 0.25) is 5.02 Å². The van der Waals surface area contributed by atoms with E-state index >= 15 is 0 Å². The second-order valence-electron chi connectivity index (χ2n) is 10.7. The molecule has 45 heavy (non-hydrogen) atoms. The Kier molecular flexibility index (Phi) is 8.94. The zero-order valence-electron chi connectivity index (χ0n) is 23.9. The molecular formula is C31H28ClF4N7O2. The van der Waals surface area contributed by atoms with Gasteiger partial charge in [0, 0.05) is 40.4 Å². The van der Waals surface area contributed by atoms with Crippen molar-refractivity contribution in [1.82, 2.24) is 14.5 Å². The van der Waals surface area contributed by atoms with Crippen molar-refractivity contribution in [3.05, 3.63) is 106 Å². The van der Waals surface area contributed by atoms with Gasteiger partial charge in [-0.05, 0) is 48.2 Å². The van der Waals surface area contributed by atoms with Gasteiger partial charge in [0.25, 0.3) is 5.56 Å². The van der Waals surface area contributed by atoms with Crippen LogP contribution in [-0.2, 0) is 4.79 Å². The van der Waals surface area contributed by atoms with E-state index in [4.69, 9.17) is 23.2 Å². The number of hydrogen-bond donors (Lipinski definition) is 3. The summed E-state index contributed by atoms with van der Waals surface area (Å²) in [4.78, 5) is 34.7. The summed E-state index contributed by atoms with van der Waals surface area (Å²) in [6, 6.07) is 13.4. The van der Waals surface area contributed by atoms with Crippen molar-refractivity contribution in [3.63, 3.8) is 0 Å². The van der Waals surface area contributed by atoms with Gasteiger partial charge in [-0.15, -0.1) is 0 Å². The number of rotatable bonds is 4. The molecule has 2 aromatic carbocycles. The number of fused-ring (bicyclic) bond motifs is 4. The Balaban J connectivity index is 1.58. The van der Waals surface area contributed by atoms with E-state index in [2.05, 4.69) is 15.3 Å². The van der Waals surface area contributed by atoms with Crippen LogP contribution in [0.15, 0.2) is 83.8 Å². The molecule has 2 aromatic heterocycles. The molecule has 14 heteroatoms. The van der Waals surface area contributed by atoms with E-state index in [0.717, 1.165) is 5.56 Å². The summed E-state index contributed by atoms with van der Waals surface area (Å²) in [6.07, 6.45) is -0.0905. The van der Waals surface area contributed by atoms with Gasteiger partial charge in [0.1, 0.15) is 5.70 Å². The average molecular weight is 642 g/mol. The van der Waals surface area contributed by atoms with Gasteiger partial charge < -0.3 is 11.1 Å². The summed E-state index contributed by atoms with van der Waals surface area (Å²) in [7, 11) is 0. The number of benzene rings is 2. The number of aromatic nitrogens is 3. The molecule has 1 aliphatic rings. The Morgan fingerprint density at radius 1 is 1.09 bits per heavy atom. The van der Waals surface area contributed by atoms with Crippen molar-refractivity contribution in [2.24, 2.45) is 17.5 Å². The highest BCUT2D eigenvalue weighted by atomic mass is 35.5. The highest BCUT2D eigenvalue weighted by Crippen LogP contribution is 2.35. The van der Waals surface area contributed by atoms with Crippen molar-refractivity contribution in [3.8, 4) is 22.4 Å². The quantitative estimate of drug-likeness (QED) is 0.105. The van der Waals surface area contributed by atoms with Crippen LogP contribution in [0.4, 0.5) is 28.9 Å². The molecule has 0 saturated heterocycles. The topological polar surface area (TPSA) is 132 Å². The number of allylic oxidation sites excluding steroid dienone is 1. The summed E-state index contributed by atoms with van der Waals surface area (Å²) >= 11 is 6.19. The zero-order valence-corrected chi connectivity index (χ0v) is 24.6. The first-order valence-corrected chi connectivity index (χ1v) is 14.2. The van der Waals surface area contributed by atoms with Crippen LogP contribution in [0, 0.1) is 11.9 Å². The number of nitrogens with one attached hydrogen (secondary N) is 1.